The fourth-order valence-corrected chi connectivity index (χ4v) is 4.99. The summed E-state index contributed by atoms with van der Waals surface area (Å²) in [7, 11) is 1.97. The molecule has 0 bridgehead atoms. The van der Waals surface area contributed by atoms with E-state index in [1.165, 1.54) is 6.33 Å². The maximum atomic E-state index is 12.3. The number of aryl methyl sites for hydroxylation is 2. The van der Waals surface area contributed by atoms with Crippen molar-refractivity contribution < 1.29 is 9.53 Å². The molecule has 1 aliphatic rings. The van der Waals surface area contributed by atoms with Crippen molar-refractivity contribution in [3.05, 3.63) is 60.8 Å². The molecule has 1 aliphatic heterocycles. The van der Waals surface area contributed by atoms with Crippen molar-refractivity contribution in [3.8, 4) is 23.3 Å². The lowest BCUT2D eigenvalue weighted by Crippen LogP contribution is -2.54. The van der Waals surface area contributed by atoms with Gasteiger partial charge in [-0.05, 0) is 62.6 Å². The van der Waals surface area contributed by atoms with Gasteiger partial charge in [0.25, 0.3) is 5.91 Å². The lowest BCUT2D eigenvalue weighted by Gasteiger charge is -2.38. The molecule has 2 aromatic carbocycles. The Bertz CT molecular complexity index is 1840. The zero-order valence-corrected chi connectivity index (χ0v) is 23.3. The maximum Gasteiger partial charge on any atom is 0.298 e. The number of ether oxygens (including phenoxy) is 1. The molecular weight excluding hydrogens is 518 g/mol. The van der Waals surface area contributed by atoms with Crippen LogP contribution in [0.3, 0.4) is 0 Å². The highest BCUT2D eigenvalue weighted by Gasteiger charge is 2.28. The van der Waals surface area contributed by atoms with Crippen LogP contribution in [0, 0.1) is 18.8 Å². The van der Waals surface area contributed by atoms with E-state index in [0.717, 1.165) is 33.8 Å². The topological polar surface area (TPSA) is 114 Å². The first kappa shape index (κ1) is 26.0. The number of fused-ring (bicyclic) bond motifs is 2. The highest BCUT2D eigenvalue weighted by molar-refractivity contribution is 5.94. The van der Waals surface area contributed by atoms with Gasteiger partial charge in [0.15, 0.2) is 5.82 Å². The molecule has 0 aliphatic carbocycles. The number of amides is 1. The minimum atomic E-state index is -0.153. The van der Waals surface area contributed by atoms with E-state index < -0.39 is 0 Å². The Morgan fingerprint density at radius 3 is 2.76 bits per heavy atom. The Kier molecular flexibility index (Phi) is 6.81. The van der Waals surface area contributed by atoms with Crippen LogP contribution in [0.15, 0.2) is 55.2 Å². The fraction of sp³-hybridized carbons (Fsp3) is 0.267. The molecule has 1 unspecified atom stereocenters. The molecule has 11 nitrogen and oxygen atoms in total. The van der Waals surface area contributed by atoms with Crippen LogP contribution in [0.4, 0.5) is 17.5 Å². The average Bonchev–Trinajstić information content (AvgIpc) is 3.34. The van der Waals surface area contributed by atoms with Gasteiger partial charge in [-0.2, -0.15) is 0 Å². The van der Waals surface area contributed by atoms with Crippen LogP contribution in [-0.4, -0.2) is 66.0 Å². The SMILES string of the molecule is CC#CC(=O)N1CCN(c2ncc3ncnc(Nc4ccc(Oc5ccc6c(c5)ncn6C)c(C)c4)c3n2)CC1C. The summed E-state index contributed by atoms with van der Waals surface area (Å²) in [6.45, 7) is 7.43. The first-order chi connectivity index (χ1) is 19.9. The summed E-state index contributed by atoms with van der Waals surface area (Å²) in [5, 5.41) is 3.38. The molecule has 0 spiro atoms. The lowest BCUT2D eigenvalue weighted by molar-refractivity contribution is -0.127. The Labute approximate surface area is 237 Å². The van der Waals surface area contributed by atoms with Crippen molar-refractivity contribution in [2.45, 2.75) is 26.8 Å². The number of benzene rings is 2. The first-order valence-corrected chi connectivity index (χ1v) is 13.3. The zero-order chi connectivity index (χ0) is 28.5. The number of aromatic nitrogens is 6. The normalized spacial score (nSPS) is 15.1. The van der Waals surface area contributed by atoms with Gasteiger partial charge in [0.05, 0.1) is 23.6 Å². The van der Waals surface area contributed by atoms with Crippen LogP contribution in [0.5, 0.6) is 11.5 Å². The number of anilines is 3. The van der Waals surface area contributed by atoms with E-state index in [0.29, 0.717) is 42.4 Å². The summed E-state index contributed by atoms with van der Waals surface area (Å²) in [6.07, 6.45) is 4.99. The van der Waals surface area contributed by atoms with Crippen LogP contribution in [0.25, 0.3) is 22.1 Å². The van der Waals surface area contributed by atoms with E-state index in [9.17, 15) is 4.79 Å². The molecule has 41 heavy (non-hydrogen) atoms. The number of carbonyl (C=O) groups excluding carboxylic acids is 1. The molecule has 6 rings (SSSR count). The smallest absolute Gasteiger partial charge is 0.298 e. The third-order valence-electron chi connectivity index (χ3n) is 7.13. The number of hydrogen-bond acceptors (Lipinski definition) is 9. The highest BCUT2D eigenvalue weighted by atomic mass is 16.5. The highest BCUT2D eigenvalue weighted by Crippen LogP contribution is 2.31. The predicted molar refractivity (Wildman–Crippen MR) is 157 cm³/mol. The number of rotatable bonds is 5. The molecule has 1 amide bonds. The molecule has 206 valence electrons. The van der Waals surface area contributed by atoms with E-state index in [4.69, 9.17) is 9.72 Å². The Hall–Kier alpha value is -5.24. The molecule has 1 N–H and O–H groups in total. The van der Waals surface area contributed by atoms with E-state index in [2.05, 4.69) is 42.0 Å². The van der Waals surface area contributed by atoms with Gasteiger partial charge < -0.3 is 24.4 Å². The summed E-state index contributed by atoms with van der Waals surface area (Å²) in [6, 6.07) is 11.7. The Balaban J connectivity index is 1.21. The quantitative estimate of drug-likeness (QED) is 0.323. The van der Waals surface area contributed by atoms with Gasteiger partial charge in [-0.25, -0.2) is 24.9 Å². The molecule has 4 heterocycles. The van der Waals surface area contributed by atoms with Crippen LogP contribution in [0.1, 0.15) is 19.4 Å². The number of piperazine rings is 1. The summed E-state index contributed by atoms with van der Waals surface area (Å²) in [5.74, 6) is 7.79. The summed E-state index contributed by atoms with van der Waals surface area (Å²) < 4.78 is 8.14. The summed E-state index contributed by atoms with van der Waals surface area (Å²) in [5.41, 5.74) is 4.97. The number of nitrogens with one attached hydrogen (secondary N) is 1. The summed E-state index contributed by atoms with van der Waals surface area (Å²) >= 11 is 0. The van der Waals surface area contributed by atoms with E-state index in [1.807, 2.05) is 61.9 Å². The predicted octanol–water partition coefficient (Wildman–Crippen LogP) is 4.21. The van der Waals surface area contributed by atoms with Crippen molar-refractivity contribution in [2.75, 3.05) is 29.9 Å². The van der Waals surface area contributed by atoms with Crippen molar-refractivity contribution >= 4 is 45.4 Å². The standard InChI is InChI=1S/C30H29N9O2/c1-5-6-27(40)39-12-11-38(16-20(39)3)30-31-15-24-28(36-30)29(33-17-32-24)35-21-7-10-26(19(2)13-21)41-22-8-9-25-23(14-22)34-18-37(25)4/h7-10,13-15,17-18,20H,11-12,16H2,1-4H3,(H,32,33,35). The monoisotopic (exact) mass is 547 g/mol. The van der Waals surface area contributed by atoms with Crippen molar-refractivity contribution in [3.63, 3.8) is 0 Å². The van der Waals surface area contributed by atoms with Gasteiger partial charge in [-0.3, -0.25) is 4.79 Å². The maximum absolute atomic E-state index is 12.3. The van der Waals surface area contributed by atoms with Crippen LogP contribution in [0.2, 0.25) is 0 Å². The van der Waals surface area contributed by atoms with E-state index in [-0.39, 0.29) is 11.9 Å². The molecule has 0 saturated carbocycles. The second kappa shape index (κ2) is 10.7. The minimum absolute atomic E-state index is 0.0180. The first-order valence-electron chi connectivity index (χ1n) is 13.3. The second-order valence-corrected chi connectivity index (χ2v) is 10.0. The van der Waals surface area contributed by atoms with Gasteiger partial charge in [0.1, 0.15) is 28.9 Å². The molecule has 1 fully saturated rings. The third kappa shape index (κ3) is 5.19. The van der Waals surface area contributed by atoms with Crippen molar-refractivity contribution in [1.82, 2.24) is 34.4 Å². The van der Waals surface area contributed by atoms with Gasteiger partial charge in [0, 0.05) is 44.5 Å². The number of hydrogen-bond donors (Lipinski definition) is 1. The molecule has 1 atom stereocenters. The molecule has 0 radical (unpaired) electrons. The second-order valence-electron chi connectivity index (χ2n) is 10.0. The largest absolute Gasteiger partial charge is 0.457 e. The summed E-state index contributed by atoms with van der Waals surface area (Å²) in [4.78, 5) is 38.8. The molecule has 11 heteroatoms. The van der Waals surface area contributed by atoms with Crippen LogP contribution in [-0.2, 0) is 11.8 Å². The zero-order valence-electron chi connectivity index (χ0n) is 23.3. The van der Waals surface area contributed by atoms with E-state index in [1.54, 1.807) is 24.3 Å². The minimum Gasteiger partial charge on any atom is -0.457 e. The van der Waals surface area contributed by atoms with Gasteiger partial charge >= 0.3 is 0 Å². The molecule has 5 aromatic rings. The molecule has 1 saturated heterocycles. The Morgan fingerprint density at radius 1 is 1.07 bits per heavy atom. The van der Waals surface area contributed by atoms with Crippen molar-refractivity contribution in [2.24, 2.45) is 7.05 Å². The third-order valence-corrected chi connectivity index (χ3v) is 7.13. The van der Waals surface area contributed by atoms with Gasteiger partial charge in [-0.1, -0.05) is 5.92 Å². The van der Waals surface area contributed by atoms with Crippen LogP contribution >= 0.6 is 0 Å². The number of nitrogens with zero attached hydrogens (tertiary/aromatic N) is 8. The number of imidazole rings is 1. The Morgan fingerprint density at radius 2 is 1.95 bits per heavy atom. The van der Waals surface area contributed by atoms with Gasteiger partial charge in [-0.15, -0.1) is 0 Å². The van der Waals surface area contributed by atoms with E-state index >= 15 is 0 Å². The molecular formula is C30H29N9O2. The van der Waals surface area contributed by atoms with Crippen molar-refractivity contribution in [1.29, 1.82) is 0 Å². The number of carbonyl (C=O) groups is 1. The lowest BCUT2D eigenvalue weighted by atomic mass is 10.2. The van der Waals surface area contributed by atoms with Gasteiger partial charge in [0.2, 0.25) is 5.95 Å². The molecule has 3 aromatic heterocycles. The average molecular weight is 548 g/mol. The fourth-order valence-electron chi connectivity index (χ4n) is 4.99. The van der Waals surface area contributed by atoms with Crippen LogP contribution < -0.4 is 15.0 Å².